The minimum absolute atomic E-state index is 0.542. The first-order valence-electron chi connectivity index (χ1n) is 19.3. The molecule has 1 aliphatic carbocycles. The zero-order valence-corrected chi connectivity index (χ0v) is 30.9. The van der Waals surface area contributed by atoms with Crippen molar-refractivity contribution in [1.29, 1.82) is 5.26 Å². The lowest BCUT2D eigenvalue weighted by molar-refractivity contribution is 0.673. The molecule has 3 nitrogen and oxygen atoms in total. The average Bonchev–Trinajstić information content (AvgIpc) is 3.83. The van der Waals surface area contributed by atoms with Crippen LogP contribution in [0, 0.1) is 11.3 Å². The van der Waals surface area contributed by atoms with E-state index in [1.165, 1.54) is 33.4 Å². The van der Waals surface area contributed by atoms with E-state index in [0.29, 0.717) is 5.56 Å². The van der Waals surface area contributed by atoms with Gasteiger partial charge in [-0.2, -0.15) is 5.26 Å². The molecule has 1 heterocycles. The third kappa shape index (κ3) is 4.91. The molecule has 0 amide bonds. The van der Waals surface area contributed by atoms with Gasteiger partial charge in [0.25, 0.3) is 0 Å². The van der Waals surface area contributed by atoms with Crippen LogP contribution < -0.4 is 4.90 Å². The summed E-state index contributed by atoms with van der Waals surface area (Å²) in [4.78, 5) is 2.39. The number of hydrogen-bond donors (Lipinski definition) is 0. The fourth-order valence-electron chi connectivity index (χ4n) is 9.30. The third-order valence-corrected chi connectivity index (χ3v) is 11.8. The Morgan fingerprint density at radius 1 is 0.439 bits per heavy atom. The van der Waals surface area contributed by atoms with Crippen LogP contribution in [0.5, 0.6) is 0 Å². The normalized spacial score (nSPS) is 12.7. The zero-order valence-electron chi connectivity index (χ0n) is 30.9. The Morgan fingerprint density at radius 3 is 1.75 bits per heavy atom. The maximum Gasteiger partial charge on any atom is 0.159 e. The molecule has 9 aromatic carbocycles. The summed E-state index contributed by atoms with van der Waals surface area (Å²) in [6.07, 6.45) is 0. The lowest BCUT2D eigenvalue weighted by atomic mass is 9.68. The number of fused-ring (bicyclic) bond motifs is 8. The number of para-hydroxylation sites is 1. The molecule has 0 saturated carbocycles. The predicted molar refractivity (Wildman–Crippen MR) is 233 cm³/mol. The fourth-order valence-corrected chi connectivity index (χ4v) is 9.30. The van der Waals surface area contributed by atoms with E-state index in [-0.39, 0.29) is 0 Å². The van der Waals surface area contributed by atoms with Crippen molar-refractivity contribution in [3.05, 3.63) is 234 Å². The van der Waals surface area contributed by atoms with E-state index in [2.05, 4.69) is 193 Å². The van der Waals surface area contributed by atoms with E-state index >= 15 is 0 Å². The van der Waals surface area contributed by atoms with Crippen molar-refractivity contribution in [3.8, 4) is 28.3 Å². The smallest absolute Gasteiger partial charge is 0.159 e. The van der Waals surface area contributed by atoms with Crippen molar-refractivity contribution in [1.82, 2.24) is 0 Å². The van der Waals surface area contributed by atoms with Crippen molar-refractivity contribution < 1.29 is 4.42 Å². The predicted octanol–water partition coefficient (Wildman–Crippen LogP) is 14.1. The molecule has 10 aromatic rings. The second kappa shape index (κ2) is 13.0. The molecule has 266 valence electrons. The summed E-state index contributed by atoms with van der Waals surface area (Å²) in [6, 6.07) is 75.7. The van der Waals surface area contributed by atoms with Gasteiger partial charge in [0.15, 0.2) is 5.58 Å². The highest BCUT2D eigenvalue weighted by atomic mass is 16.3. The van der Waals surface area contributed by atoms with E-state index < -0.39 is 5.41 Å². The highest BCUT2D eigenvalue weighted by molar-refractivity contribution is 6.18. The first-order chi connectivity index (χ1) is 28.2. The Labute approximate surface area is 330 Å². The van der Waals surface area contributed by atoms with E-state index in [0.717, 1.165) is 60.9 Å². The van der Waals surface area contributed by atoms with Gasteiger partial charge in [-0.1, -0.05) is 164 Å². The summed E-state index contributed by atoms with van der Waals surface area (Å²) in [7, 11) is 0. The van der Waals surface area contributed by atoms with E-state index in [1.54, 1.807) is 0 Å². The minimum atomic E-state index is -0.542. The van der Waals surface area contributed by atoms with Gasteiger partial charge in [-0.3, -0.25) is 0 Å². The first kappa shape index (κ1) is 32.7. The maximum absolute atomic E-state index is 9.41. The lowest BCUT2D eigenvalue weighted by Gasteiger charge is -2.34. The molecule has 0 aliphatic heterocycles. The van der Waals surface area contributed by atoms with Crippen LogP contribution >= 0.6 is 0 Å². The molecule has 3 heteroatoms. The Hall–Kier alpha value is -7.67. The van der Waals surface area contributed by atoms with Crippen molar-refractivity contribution in [2.45, 2.75) is 5.41 Å². The van der Waals surface area contributed by atoms with Gasteiger partial charge in [0, 0.05) is 27.4 Å². The van der Waals surface area contributed by atoms with Gasteiger partial charge in [0.05, 0.1) is 28.4 Å². The number of nitrogens with zero attached hydrogens (tertiary/aromatic N) is 2. The molecule has 0 radical (unpaired) electrons. The molecule has 0 fully saturated rings. The minimum Gasteiger partial charge on any atom is -0.453 e. The second-order valence-corrected chi connectivity index (χ2v) is 14.7. The summed E-state index contributed by atoms with van der Waals surface area (Å²) in [5, 5.41) is 13.8. The Bertz CT molecular complexity index is 3130. The quantitative estimate of drug-likeness (QED) is 0.171. The molecule has 0 N–H and O–H groups in total. The molecule has 1 aromatic heterocycles. The largest absolute Gasteiger partial charge is 0.453 e. The van der Waals surface area contributed by atoms with Crippen LogP contribution in [0.25, 0.3) is 55.0 Å². The van der Waals surface area contributed by atoms with Crippen LogP contribution in [0.15, 0.2) is 211 Å². The van der Waals surface area contributed by atoms with Gasteiger partial charge in [-0.05, 0) is 86.8 Å². The molecule has 0 unspecified atom stereocenters. The third-order valence-electron chi connectivity index (χ3n) is 11.8. The number of benzene rings is 9. The summed E-state index contributed by atoms with van der Waals surface area (Å²) < 4.78 is 7.04. The van der Waals surface area contributed by atoms with Crippen LogP contribution in [0.1, 0.15) is 27.8 Å². The van der Waals surface area contributed by atoms with Gasteiger partial charge in [-0.15, -0.1) is 0 Å². The SMILES string of the molecule is N#Cc1ccc(-c2ccc(N(c3cccc4c3-c3ccccc3C4(c3ccccc3)c3ccccc3)c3cccc4c3oc3c5ccccc5ccc43)cc2)cc1. The van der Waals surface area contributed by atoms with Gasteiger partial charge >= 0.3 is 0 Å². The van der Waals surface area contributed by atoms with Gasteiger partial charge in [0.2, 0.25) is 0 Å². The van der Waals surface area contributed by atoms with Gasteiger partial charge in [0.1, 0.15) is 5.58 Å². The lowest BCUT2D eigenvalue weighted by Crippen LogP contribution is -2.28. The molecular formula is C54H34N2O. The Morgan fingerprint density at radius 2 is 1.02 bits per heavy atom. The Kier molecular flexibility index (Phi) is 7.45. The Balaban J connectivity index is 1.21. The van der Waals surface area contributed by atoms with Crippen molar-refractivity contribution in [3.63, 3.8) is 0 Å². The first-order valence-corrected chi connectivity index (χ1v) is 19.3. The van der Waals surface area contributed by atoms with Crippen LogP contribution in [-0.2, 0) is 5.41 Å². The van der Waals surface area contributed by atoms with E-state index in [9.17, 15) is 5.26 Å². The highest BCUT2D eigenvalue weighted by Crippen LogP contribution is 2.60. The monoisotopic (exact) mass is 726 g/mol. The zero-order chi connectivity index (χ0) is 37.9. The van der Waals surface area contributed by atoms with Crippen LogP contribution in [-0.4, -0.2) is 0 Å². The topological polar surface area (TPSA) is 40.2 Å². The fraction of sp³-hybridized carbons (Fsp3) is 0.0185. The summed E-state index contributed by atoms with van der Waals surface area (Å²) in [5.41, 5.74) is 14.3. The summed E-state index contributed by atoms with van der Waals surface area (Å²) >= 11 is 0. The average molecular weight is 727 g/mol. The molecule has 11 rings (SSSR count). The van der Waals surface area contributed by atoms with Crippen molar-refractivity contribution in [2.75, 3.05) is 4.90 Å². The molecule has 0 atom stereocenters. The molecule has 0 saturated heterocycles. The summed E-state index contributed by atoms with van der Waals surface area (Å²) in [6.45, 7) is 0. The molecule has 57 heavy (non-hydrogen) atoms. The highest BCUT2D eigenvalue weighted by Gasteiger charge is 2.47. The molecule has 0 bridgehead atoms. The van der Waals surface area contributed by atoms with Crippen LogP contribution in [0.4, 0.5) is 17.1 Å². The number of furan rings is 1. The molecular weight excluding hydrogens is 693 g/mol. The van der Waals surface area contributed by atoms with E-state index in [4.69, 9.17) is 4.42 Å². The second-order valence-electron chi connectivity index (χ2n) is 14.7. The number of anilines is 3. The number of rotatable bonds is 6. The standard InChI is InChI=1S/C54H34N2O/c55-35-36-25-27-37(28-26-36)38-29-32-42(33-30-38)56(50-24-11-20-44-45-34-31-39-13-7-8-18-43(39)52(45)57-53(44)50)49-23-12-22-48-51(49)46-19-9-10-21-47(46)54(48,40-14-3-1-4-15-40)41-16-5-2-6-17-41/h1-34H. The van der Waals surface area contributed by atoms with E-state index in [1.807, 2.05) is 24.3 Å². The molecule has 0 spiro atoms. The van der Waals surface area contributed by atoms with Gasteiger partial charge in [-0.25, -0.2) is 0 Å². The molecule has 1 aliphatic rings. The number of nitriles is 1. The summed E-state index contributed by atoms with van der Waals surface area (Å²) in [5.74, 6) is 0. The van der Waals surface area contributed by atoms with Gasteiger partial charge < -0.3 is 9.32 Å². The number of hydrogen-bond acceptors (Lipinski definition) is 3. The maximum atomic E-state index is 9.41. The van der Waals surface area contributed by atoms with Crippen LogP contribution in [0.3, 0.4) is 0 Å². The van der Waals surface area contributed by atoms with Crippen molar-refractivity contribution >= 4 is 49.8 Å². The van der Waals surface area contributed by atoms with Crippen molar-refractivity contribution in [2.24, 2.45) is 0 Å². The van der Waals surface area contributed by atoms with Crippen LogP contribution in [0.2, 0.25) is 0 Å².